The van der Waals surface area contributed by atoms with Crippen LogP contribution in [0.15, 0.2) is 42.5 Å². The molecule has 2 aromatic rings. The van der Waals surface area contributed by atoms with Crippen LogP contribution in [-0.2, 0) is 0 Å². The number of carbonyl (C=O) groups is 1. The zero-order chi connectivity index (χ0) is 15.6. The molecule has 0 fully saturated rings. The first-order valence-electron chi connectivity index (χ1n) is 5.87. The van der Waals surface area contributed by atoms with Gasteiger partial charge in [-0.3, -0.25) is 14.9 Å². The van der Waals surface area contributed by atoms with Crippen molar-refractivity contribution in [2.24, 2.45) is 0 Å². The number of anilines is 1. The lowest BCUT2D eigenvalue weighted by atomic mass is 10.2. The molecule has 0 aliphatic heterocycles. The molecule has 0 heterocycles. The quantitative estimate of drug-likeness (QED) is 0.429. The van der Waals surface area contributed by atoms with Crippen molar-refractivity contribution < 1.29 is 9.72 Å². The summed E-state index contributed by atoms with van der Waals surface area (Å²) in [6.45, 7) is 0. The molecule has 0 bridgehead atoms. The van der Waals surface area contributed by atoms with Crippen LogP contribution >= 0.6 is 34.2 Å². The number of rotatable bonds is 3. The van der Waals surface area contributed by atoms with Crippen molar-refractivity contribution in [1.82, 2.24) is 0 Å². The summed E-state index contributed by atoms with van der Waals surface area (Å²) >= 11 is 8.09. The van der Waals surface area contributed by atoms with Crippen LogP contribution in [-0.4, -0.2) is 17.9 Å². The lowest BCUT2D eigenvalue weighted by Gasteiger charge is -2.17. The second-order valence-electron chi connectivity index (χ2n) is 4.27. The first-order valence-corrected chi connectivity index (χ1v) is 7.33. The Morgan fingerprint density at radius 1 is 1.24 bits per heavy atom. The molecule has 7 heteroatoms. The Labute approximate surface area is 139 Å². The summed E-state index contributed by atoms with van der Waals surface area (Å²) in [6, 6.07) is 10.8. The molecular weight excluding hydrogens is 407 g/mol. The number of halogens is 2. The van der Waals surface area contributed by atoms with Crippen LogP contribution in [0, 0.1) is 13.7 Å². The second kappa shape index (κ2) is 6.40. The summed E-state index contributed by atoms with van der Waals surface area (Å²) in [7, 11) is 1.61. The van der Waals surface area contributed by atoms with Gasteiger partial charge in [0.15, 0.2) is 0 Å². The van der Waals surface area contributed by atoms with Gasteiger partial charge in [-0.15, -0.1) is 0 Å². The molecule has 5 nitrogen and oxygen atoms in total. The minimum absolute atomic E-state index is 0.0168. The maximum Gasteiger partial charge on any atom is 0.269 e. The molecule has 0 saturated heterocycles. The van der Waals surface area contributed by atoms with Crippen LogP contribution in [0.4, 0.5) is 11.4 Å². The van der Waals surface area contributed by atoms with Crippen molar-refractivity contribution in [2.45, 2.75) is 0 Å². The van der Waals surface area contributed by atoms with Gasteiger partial charge in [-0.2, -0.15) is 0 Å². The molecule has 0 unspecified atom stereocenters. The maximum atomic E-state index is 12.4. The number of hydrogen-bond donors (Lipinski definition) is 0. The molecule has 0 spiro atoms. The predicted molar refractivity (Wildman–Crippen MR) is 90.0 cm³/mol. The summed E-state index contributed by atoms with van der Waals surface area (Å²) in [5, 5.41) is 11.1. The third-order valence-corrected chi connectivity index (χ3v) is 4.49. The smallest absolute Gasteiger partial charge is 0.269 e. The Morgan fingerprint density at radius 2 is 1.86 bits per heavy atom. The molecule has 2 aromatic carbocycles. The van der Waals surface area contributed by atoms with E-state index < -0.39 is 4.92 Å². The summed E-state index contributed by atoms with van der Waals surface area (Å²) in [5.74, 6) is -0.234. The number of carbonyl (C=O) groups excluding carboxylic acids is 1. The van der Waals surface area contributed by atoms with E-state index in [1.54, 1.807) is 25.2 Å². The van der Waals surface area contributed by atoms with Crippen LogP contribution < -0.4 is 4.90 Å². The normalized spacial score (nSPS) is 10.2. The van der Waals surface area contributed by atoms with Crippen LogP contribution in [0.3, 0.4) is 0 Å². The van der Waals surface area contributed by atoms with E-state index in [-0.39, 0.29) is 11.6 Å². The number of amides is 1. The summed E-state index contributed by atoms with van der Waals surface area (Å²) in [6.07, 6.45) is 0. The van der Waals surface area contributed by atoms with E-state index in [1.165, 1.54) is 29.2 Å². The van der Waals surface area contributed by atoms with Crippen molar-refractivity contribution >= 4 is 51.5 Å². The molecule has 0 aliphatic rings. The molecule has 0 atom stereocenters. The number of non-ortho nitro benzene ring substituents is 1. The van der Waals surface area contributed by atoms with Gasteiger partial charge in [-0.25, -0.2) is 0 Å². The highest BCUT2D eigenvalue weighted by molar-refractivity contribution is 14.1. The van der Waals surface area contributed by atoms with Crippen LogP contribution in [0.1, 0.15) is 10.4 Å². The topological polar surface area (TPSA) is 63.5 Å². The Bertz CT molecular complexity index is 704. The van der Waals surface area contributed by atoms with Gasteiger partial charge < -0.3 is 4.90 Å². The third kappa shape index (κ3) is 3.51. The van der Waals surface area contributed by atoms with E-state index in [0.717, 1.165) is 3.57 Å². The van der Waals surface area contributed by atoms with E-state index in [4.69, 9.17) is 11.6 Å². The zero-order valence-electron chi connectivity index (χ0n) is 10.9. The first kappa shape index (κ1) is 15.7. The highest BCUT2D eigenvalue weighted by Crippen LogP contribution is 2.23. The van der Waals surface area contributed by atoms with Crippen molar-refractivity contribution in [3.8, 4) is 0 Å². The Hall–Kier alpha value is -1.67. The minimum Gasteiger partial charge on any atom is -0.311 e. The van der Waals surface area contributed by atoms with Gasteiger partial charge in [0.2, 0.25) is 0 Å². The number of nitrogens with zero attached hydrogens (tertiary/aromatic N) is 2. The van der Waals surface area contributed by atoms with Gasteiger partial charge in [0.1, 0.15) is 0 Å². The Balaban J connectivity index is 2.25. The summed E-state index contributed by atoms with van der Waals surface area (Å²) in [4.78, 5) is 23.9. The van der Waals surface area contributed by atoms with Crippen molar-refractivity contribution in [2.75, 3.05) is 11.9 Å². The van der Waals surface area contributed by atoms with Gasteiger partial charge in [0, 0.05) is 34.0 Å². The third-order valence-electron chi connectivity index (χ3n) is 2.92. The van der Waals surface area contributed by atoms with Gasteiger partial charge in [-0.1, -0.05) is 11.6 Å². The van der Waals surface area contributed by atoms with Gasteiger partial charge in [0.05, 0.1) is 9.95 Å². The highest BCUT2D eigenvalue weighted by atomic mass is 127. The average Bonchev–Trinajstić information content (AvgIpc) is 2.48. The highest BCUT2D eigenvalue weighted by Gasteiger charge is 2.15. The fourth-order valence-electron chi connectivity index (χ4n) is 1.74. The number of benzene rings is 2. The molecule has 0 aliphatic carbocycles. The predicted octanol–water partition coefficient (Wildman–Crippen LogP) is 4.13. The molecule has 108 valence electrons. The fourth-order valence-corrected chi connectivity index (χ4v) is 2.25. The van der Waals surface area contributed by atoms with E-state index in [9.17, 15) is 14.9 Å². The summed E-state index contributed by atoms with van der Waals surface area (Å²) in [5.41, 5.74) is 1.01. The number of hydrogen-bond acceptors (Lipinski definition) is 3. The standard InChI is InChI=1S/C14H10ClIN2O3/c1-17(10-3-5-11(6-4-10)18(20)21)14(19)9-2-7-13(16)12(15)8-9/h2-8H,1H3. The molecule has 2 rings (SSSR count). The zero-order valence-corrected chi connectivity index (χ0v) is 13.8. The van der Waals surface area contributed by atoms with Gasteiger partial charge in [-0.05, 0) is 52.9 Å². The van der Waals surface area contributed by atoms with Crippen molar-refractivity contribution in [1.29, 1.82) is 0 Å². The average molecular weight is 417 g/mol. The summed E-state index contributed by atoms with van der Waals surface area (Å²) < 4.78 is 0.865. The first-order chi connectivity index (χ1) is 9.90. The number of nitro benzene ring substituents is 1. The number of nitro groups is 1. The minimum atomic E-state index is -0.482. The molecular formula is C14H10ClIN2O3. The Morgan fingerprint density at radius 3 is 2.38 bits per heavy atom. The molecule has 0 aromatic heterocycles. The lowest BCUT2D eigenvalue weighted by molar-refractivity contribution is -0.384. The van der Waals surface area contributed by atoms with E-state index >= 15 is 0 Å². The van der Waals surface area contributed by atoms with E-state index in [1.807, 2.05) is 0 Å². The SMILES string of the molecule is CN(C(=O)c1ccc(I)c(Cl)c1)c1ccc([N+](=O)[O-])cc1. The van der Waals surface area contributed by atoms with E-state index in [2.05, 4.69) is 22.6 Å². The van der Waals surface area contributed by atoms with Crippen molar-refractivity contribution in [3.05, 3.63) is 66.7 Å². The molecule has 0 N–H and O–H groups in total. The maximum absolute atomic E-state index is 12.4. The van der Waals surface area contributed by atoms with Crippen molar-refractivity contribution in [3.63, 3.8) is 0 Å². The fraction of sp³-hybridized carbons (Fsp3) is 0.0714. The van der Waals surface area contributed by atoms with Gasteiger partial charge in [0.25, 0.3) is 11.6 Å². The molecule has 21 heavy (non-hydrogen) atoms. The van der Waals surface area contributed by atoms with Gasteiger partial charge >= 0.3 is 0 Å². The Kier molecular flexibility index (Phi) is 4.79. The molecule has 1 amide bonds. The van der Waals surface area contributed by atoms with E-state index in [0.29, 0.717) is 16.3 Å². The molecule has 0 saturated carbocycles. The second-order valence-corrected chi connectivity index (χ2v) is 5.84. The van der Waals surface area contributed by atoms with Crippen LogP contribution in [0.5, 0.6) is 0 Å². The lowest BCUT2D eigenvalue weighted by Crippen LogP contribution is -2.26. The molecule has 0 radical (unpaired) electrons. The van der Waals surface area contributed by atoms with Crippen LogP contribution in [0.2, 0.25) is 5.02 Å². The van der Waals surface area contributed by atoms with Crippen LogP contribution in [0.25, 0.3) is 0 Å². The largest absolute Gasteiger partial charge is 0.311 e. The monoisotopic (exact) mass is 416 g/mol.